The van der Waals surface area contributed by atoms with Crippen LogP contribution in [0.2, 0.25) is 0 Å². The molecule has 0 saturated carbocycles. The average molecular weight is 486 g/mol. The number of thioether (sulfide) groups is 1. The Morgan fingerprint density at radius 3 is 2.83 bits per heavy atom. The molecule has 3 aliphatic rings. The zero-order valence-electron chi connectivity index (χ0n) is 19.0. The molecule has 6 rings (SSSR count). The van der Waals surface area contributed by atoms with Crippen molar-refractivity contribution >= 4 is 28.8 Å². The number of para-hydroxylation sites is 1. The number of amides is 1. The summed E-state index contributed by atoms with van der Waals surface area (Å²) in [5.74, 6) is -0.109. The van der Waals surface area contributed by atoms with Gasteiger partial charge in [0.25, 0.3) is 5.24 Å². The lowest BCUT2D eigenvalue weighted by atomic mass is 9.95. The fraction of sp³-hybridized carbons (Fsp3) is 0.185. The third-order valence-corrected chi connectivity index (χ3v) is 7.17. The van der Waals surface area contributed by atoms with Crippen molar-refractivity contribution in [3.05, 3.63) is 94.4 Å². The smallest absolute Gasteiger partial charge is 0.314 e. The van der Waals surface area contributed by atoms with Crippen LogP contribution in [0.1, 0.15) is 36.1 Å². The van der Waals surface area contributed by atoms with E-state index in [4.69, 9.17) is 14.6 Å². The number of carbonyl (C=O) groups excluding carboxylic acids is 1. The summed E-state index contributed by atoms with van der Waals surface area (Å²) < 4.78 is 12.1. The van der Waals surface area contributed by atoms with E-state index in [-0.39, 0.29) is 17.0 Å². The molecule has 3 aliphatic heterocycles. The number of aromatic hydroxyl groups is 1. The van der Waals surface area contributed by atoms with Gasteiger partial charge in [0.1, 0.15) is 5.75 Å². The molecule has 8 heteroatoms. The number of nitrogens with one attached hydrogen (secondary N) is 1. The third-order valence-electron chi connectivity index (χ3n) is 6.27. The second-order valence-electron chi connectivity index (χ2n) is 8.44. The molecule has 0 unspecified atom stereocenters. The molecular formula is C27H23N3O4S. The number of hydrogen-bond donors (Lipinski definition) is 2. The highest BCUT2D eigenvalue weighted by Crippen LogP contribution is 2.52. The van der Waals surface area contributed by atoms with Gasteiger partial charge in [0.2, 0.25) is 0 Å². The Bertz CT molecular complexity index is 1370. The van der Waals surface area contributed by atoms with Crippen LogP contribution in [-0.2, 0) is 0 Å². The van der Waals surface area contributed by atoms with Crippen LogP contribution < -0.4 is 14.8 Å². The van der Waals surface area contributed by atoms with Crippen molar-refractivity contribution in [3.8, 4) is 17.2 Å². The Kier molecular flexibility index (Phi) is 5.18. The number of nitrogens with zero attached hydrogens (tertiary/aromatic N) is 2. The first-order valence-corrected chi connectivity index (χ1v) is 12.3. The fourth-order valence-electron chi connectivity index (χ4n) is 4.71. The quantitative estimate of drug-likeness (QED) is 0.509. The van der Waals surface area contributed by atoms with Crippen molar-refractivity contribution in [2.45, 2.75) is 25.2 Å². The Morgan fingerprint density at radius 1 is 1.20 bits per heavy atom. The van der Waals surface area contributed by atoms with Crippen LogP contribution in [0.5, 0.6) is 17.2 Å². The van der Waals surface area contributed by atoms with Gasteiger partial charge in [-0.15, -0.1) is 0 Å². The first-order valence-electron chi connectivity index (χ1n) is 11.5. The standard InChI is InChI=1S/C27H23N3O4S/c1-2-33-24-14-17(12-13-22(24)31)15-25-27(28-26(32)35-25)30-21(19-10-6-7-11-23(19)34-27)16-20(29-30)18-8-4-3-5-9-18/h3-15,21,31H,2,16H2,1H3,(H,28,32)/b25-15-/t21-,27+/m0/s1. The summed E-state index contributed by atoms with van der Waals surface area (Å²) in [7, 11) is 0. The molecule has 2 atom stereocenters. The Labute approximate surface area is 207 Å². The monoisotopic (exact) mass is 485 g/mol. The maximum absolute atomic E-state index is 12.8. The lowest BCUT2D eigenvalue weighted by Crippen LogP contribution is -2.61. The molecule has 0 aliphatic carbocycles. The minimum absolute atomic E-state index is 0.0662. The van der Waals surface area contributed by atoms with E-state index in [0.29, 0.717) is 29.4 Å². The molecule has 2 N–H and O–H groups in total. The van der Waals surface area contributed by atoms with Crippen molar-refractivity contribution < 1.29 is 19.4 Å². The highest BCUT2D eigenvalue weighted by atomic mass is 32.2. The van der Waals surface area contributed by atoms with E-state index in [1.165, 1.54) is 0 Å². The summed E-state index contributed by atoms with van der Waals surface area (Å²) in [5, 5.41) is 19.8. The zero-order valence-corrected chi connectivity index (χ0v) is 19.8. The molecule has 3 aromatic rings. The molecular weight excluding hydrogens is 462 g/mol. The van der Waals surface area contributed by atoms with Gasteiger partial charge in [0, 0.05) is 12.0 Å². The molecule has 1 saturated heterocycles. The van der Waals surface area contributed by atoms with Crippen molar-refractivity contribution in [1.29, 1.82) is 0 Å². The van der Waals surface area contributed by atoms with E-state index in [1.807, 2.05) is 72.6 Å². The zero-order chi connectivity index (χ0) is 24.0. The van der Waals surface area contributed by atoms with Gasteiger partial charge in [-0.2, -0.15) is 5.10 Å². The topological polar surface area (TPSA) is 83.4 Å². The molecule has 0 radical (unpaired) electrons. The number of phenols is 1. The average Bonchev–Trinajstić information content (AvgIpc) is 3.45. The maximum atomic E-state index is 12.8. The molecule has 3 aromatic carbocycles. The molecule has 1 amide bonds. The second-order valence-corrected chi connectivity index (χ2v) is 9.46. The van der Waals surface area contributed by atoms with E-state index >= 15 is 0 Å². The summed E-state index contributed by atoms with van der Waals surface area (Å²) in [5.41, 5.74) is 3.78. The fourth-order valence-corrected chi connectivity index (χ4v) is 5.62. The molecule has 35 heavy (non-hydrogen) atoms. The Morgan fingerprint density at radius 2 is 2.00 bits per heavy atom. The first-order chi connectivity index (χ1) is 17.1. The number of hydrazone groups is 1. The van der Waals surface area contributed by atoms with Gasteiger partial charge in [-0.05, 0) is 54.1 Å². The minimum atomic E-state index is -1.28. The number of benzene rings is 3. The van der Waals surface area contributed by atoms with Gasteiger partial charge in [0.05, 0.1) is 23.3 Å². The van der Waals surface area contributed by atoms with Crippen LogP contribution in [0, 0.1) is 0 Å². The van der Waals surface area contributed by atoms with Crippen LogP contribution >= 0.6 is 11.8 Å². The Hall–Kier alpha value is -3.91. The van der Waals surface area contributed by atoms with E-state index < -0.39 is 5.85 Å². The molecule has 7 nitrogen and oxygen atoms in total. The molecule has 176 valence electrons. The number of fused-ring (bicyclic) bond motifs is 4. The van der Waals surface area contributed by atoms with Crippen molar-refractivity contribution in [2.24, 2.45) is 5.10 Å². The summed E-state index contributed by atoms with van der Waals surface area (Å²) in [4.78, 5) is 13.4. The van der Waals surface area contributed by atoms with Crippen molar-refractivity contribution in [3.63, 3.8) is 0 Å². The van der Waals surface area contributed by atoms with Gasteiger partial charge >= 0.3 is 5.85 Å². The van der Waals surface area contributed by atoms with Crippen LogP contribution in [0.4, 0.5) is 4.79 Å². The van der Waals surface area contributed by atoms with Gasteiger partial charge in [0.15, 0.2) is 11.5 Å². The molecule has 1 spiro atoms. The molecule has 0 aromatic heterocycles. The van der Waals surface area contributed by atoms with Gasteiger partial charge in [-0.25, -0.2) is 5.01 Å². The van der Waals surface area contributed by atoms with E-state index in [1.54, 1.807) is 18.2 Å². The van der Waals surface area contributed by atoms with Crippen molar-refractivity contribution in [2.75, 3.05) is 6.61 Å². The van der Waals surface area contributed by atoms with Crippen LogP contribution in [0.25, 0.3) is 6.08 Å². The summed E-state index contributed by atoms with van der Waals surface area (Å²) >= 11 is 1.08. The SMILES string of the molecule is CCOc1cc(/C=C2\SC(=O)N[C@]23Oc2ccccc2[C@@H]2CC(c4ccccc4)=NN23)ccc1O. The predicted molar refractivity (Wildman–Crippen MR) is 135 cm³/mol. The highest BCUT2D eigenvalue weighted by Gasteiger charge is 2.58. The summed E-state index contributed by atoms with van der Waals surface area (Å²) in [6.07, 6.45) is 2.57. The van der Waals surface area contributed by atoms with E-state index in [9.17, 15) is 9.90 Å². The number of hydrogen-bond acceptors (Lipinski definition) is 7. The lowest BCUT2D eigenvalue weighted by Gasteiger charge is -2.45. The van der Waals surface area contributed by atoms with Crippen molar-refractivity contribution in [1.82, 2.24) is 10.3 Å². The summed E-state index contributed by atoms with van der Waals surface area (Å²) in [6.45, 7) is 2.29. The van der Waals surface area contributed by atoms with Gasteiger partial charge in [-0.3, -0.25) is 10.1 Å². The van der Waals surface area contributed by atoms with Crippen LogP contribution in [-0.4, -0.2) is 33.5 Å². The van der Waals surface area contributed by atoms with E-state index in [0.717, 1.165) is 34.2 Å². The number of phenolic OH excluding ortho intramolecular Hbond substituents is 1. The number of ether oxygens (including phenoxy) is 2. The predicted octanol–water partition coefficient (Wildman–Crippen LogP) is 5.49. The normalized spacial score (nSPS) is 23.5. The lowest BCUT2D eigenvalue weighted by molar-refractivity contribution is -0.0949. The van der Waals surface area contributed by atoms with Crippen LogP contribution in [0.3, 0.4) is 0 Å². The molecule has 1 fully saturated rings. The second kappa shape index (κ2) is 8.39. The Balaban J connectivity index is 1.49. The minimum Gasteiger partial charge on any atom is -0.504 e. The molecule has 3 heterocycles. The highest BCUT2D eigenvalue weighted by molar-refractivity contribution is 8.17. The third kappa shape index (κ3) is 3.61. The largest absolute Gasteiger partial charge is 0.504 e. The van der Waals surface area contributed by atoms with Gasteiger partial charge in [-0.1, -0.05) is 54.6 Å². The van der Waals surface area contributed by atoms with Gasteiger partial charge < -0.3 is 14.6 Å². The number of carbonyl (C=O) groups is 1. The first kappa shape index (κ1) is 21.6. The maximum Gasteiger partial charge on any atom is 0.314 e. The van der Waals surface area contributed by atoms with Crippen LogP contribution in [0.15, 0.2) is 82.8 Å². The summed E-state index contributed by atoms with van der Waals surface area (Å²) in [6, 6.07) is 23.0. The molecule has 0 bridgehead atoms. The van der Waals surface area contributed by atoms with E-state index in [2.05, 4.69) is 5.32 Å². The number of rotatable bonds is 4.